The third-order valence-electron chi connectivity index (χ3n) is 4.22. The van der Waals surface area contributed by atoms with Gasteiger partial charge < -0.3 is 10.3 Å². The van der Waals surface area contributed by atoms with Gasteiger partial charge in [-0.15, -0.1) is 0 Å². The topological polar surface area (TPSA) is 53.1 Å². The molecule has 2 heterocycles. The Bertz CT molecular complexity index is 1010. The molecule has 0 radical (unpaired) electrons. The Morgan fingerprint density at radius 3 is 2.69 bits per heavy atom. The first-order valence-electron chi connectivity index (χ1n) is 8.07. The zero-order valence-corrected chi connectivity index (χ0v) is 14.2. The van der Waals surface area contributed by atoms with Gasteiger partial charge in [-0.2, -0.15) is 13.2 Å². The van der Waals surface area contributed by atoms with Crippen LogP contribution >= 0.6 is 11.6 Å². The fourth-order valence-corrected chi connectivity index (χ4v) is 3.21. The van der Waals surface area contributed by atoms with E-state index in [1.807, 2.05) is 18.2 Å². The molecule has 26 heavy (non-hydrogen) atoms. The van der Waals surface area contributed by atoms with Gasteiger partial charge in [-0.3, -0.25) is 4.99 Å². The lowest BCUT2D eigenvalue weighted by Crippen LogP contribution is -2.06. The molecule has 0 bridgehead atoms. The van der Waals surface area contributed by atoms with Crippen LogP contribution in [0.3, 0.4) is 0 Å². The maximum absolute atomic E-state index is 13.0. The van der Waals surface area contributed by atoms with E-state index in [1.165, 1.54) is 12.1 Å². The van der Waals surface area contributed by atoms with Gasteiger partial charge in [0.1, 0.15) is 0 Å². The summed E-state index contributed by atoms with van der Waals surface area (Å²) >= 11 is 5.65. The molecule has 0 saturated carbocycles. The Morgan fingerprint density at radius 1 is 1.12 bits per heavy atom. The molecule has 4 nitrogen and oxygen atoms in total. The molecular formula is C18H14ClF3N4. The molecule has 2 N–H and O–H groups in total. The zero-order chi connectivity index (χ0) is 18.3. The summed E-state index contributed by atoms with van der Waals surface area (Å²) in [6, 6.07) is 9.45. The maximum Gasteiger partial charge on any atom is 0.417 e. The van der Waals surface area contributed by atoms with Gasteiger partial charge in [0.05, 0.1) is 21.6 Å². The summed E-state index contributed by atoms with van der Waals surface area (Å²) in [4.78, 5) is 11.9. The third-order valence-corrected chi connectivity index (χ3v) is 4.55. The van der Waals surface area contributed by atoms with Crippen molar-refractivity contribution < 1.29 is 13.2 Å². The summed E-state index contributed by atoms with van der Waals surface area (Å²) in [5, 5.41) is 2.53. The van der Waals surface area contributed by atoms with Gasteiger partial charge in [0.2, 0.25) is 5.95 Å². The van der Waals surface area contributed by atoms with Crippen LogP contribution in [0.1, 0.15) is 24.0 Å². The molecule has 0 amide bonds. The third kappa shape index (κ3) is 3.26. The summed E-state index contributed by atoms with van der Waals surface area (Å²) < 4.78 is 38.9. The minimum atomic E-state index is -4.51. The van der Waals surface area contributed by atoms with Crippen molar-refractivity contribution in [3.63, 3.8) is 0 Å². The van der Waals surface area contributed by atoms with Crippen LogP contribution in [0.2, 0.25) is 5.02 Å². The fraction of sp³-hybridized carbons (Fsp3) is 0.222. The Kier molecular flexibility index (Phi) is 4.11. The average molecular weight is 379 g/mol. The minimum absolute atomic E-state index is 0.251. The molecule has 8 heteroatoms. The van der Waals surface area contributed by atoms with Crippen molar-refractivity contribution in [3.8, 4) is 0 Å². The number of halogens is 4. The Morgan fingerprint density at radius 2 is 1.96 bits per heavy atom. The molecular weight excluding hydrogens is 365 g/mol. The second-order valence-electron chi connectivity index (χ2n) is 6.07. The van der Waals surface area contributed by atoms with Gasteiger partial charge in [-0.05, 0) is 48.7 Å². The van der Waals surface area contributed by atoms with Crippen LogP contribution in [0.5, 0.6) is 0 Å². The number of aliphatic imine (C=N–C) groups is 1. The van der Waals surface area contributed by atoms with Crippen LogP contribution in [0.15, 0.2) is 41.4 Å². The molecule has 0 atom stereocenters. The lowest BCUT2D eigenvalue weighted by atomic mass is 10.1. The van der Waals surface area contributed by atoms with E-state index in [0.717, 1.165) is 47.8 Å². The SMILES string of the molecule is FC(F)(F)c1cc(Nc2nc3ccc(C4=NCCC4)cc3[nH]2)ccc1Cl. The quantitative estimate of drug-likeness (QED) is 0.626. The molecule has 0 aliphatic carbocycles. The van der Waals surface area contributed by atoms with Gasteiger partial charge in [-0.25, -0.2) is 4.98 Å². The lowest BCUT2D eigenvalue weighted by molar-refractivity contribution is -0.137. The van der Waals surface area contributed by atoms with Gasteiger partial charge in [0, 0.05) is 17.9 Å². The number of imidazole rings is 1. The first-order chi connectivity index (χ1) is 12.4. The van der Waals surface area contributed by atoms with Gasteiger partial charge in [-0.1, -0.05) is 17.7 Å². The van der Waals surface area contributed by atoms with Crippen molar-refractivity contribution in [2.45, 2.75) is 19.0 Å². The van der Waals surface area contributed by atoms with E-state index in [1.54, 1.807) is 0 Å². The summed E-state index contributed by atoms with van der Waals surface area (Å²) in [5.74, 6) is 0.362. The summed E-state index contributed by atoms with van der Waals surface area (Å²) in [6.07, 6.45) is -2.50. The van der Waals surface area contributed by atoms with Crippen LogP contribution < -0.4 is 5.32 Å². The lowest BCUT2D eigenvalue weighted by Gasteiger charge is -2.11. The number of hydrogen-bond acceptors (Lipinski definition) is 3. The summed E-state index contributed by atoms with van der Waals surface area (Å²) in [6.45, 7) is 0.848. The molecule has 0 unspecified atom stereocenters. The van der Waals surface area contributed by atoms with E-state index in [9.17, 15) is 13.2 Å². The maximum atomic E-state index is 13.0. The molecule has 1 aliphatic heterocycles. The van der Waals surface area contributed by atoms with E-state index < -0.39 is 11.7 Å². The number of anilines is 2. The Balaban J connectivity index is 1.63. The number of fused-ring (bicyclic) bond motifs is 1. The standard InChI is InChI=1S/C18H14ClF3N4/c19-13-5-4-11(9-12(13)18(20,21)22)24-17-25-15-6-3-10(8-16(15)26-17)14-2-1-7-23-14/h3-6,8-9H,1-2,7H2,(H2,24,25,26). The fourth-order valence-electron chi connectivity index (χ4n) is 2.98. The van der Waals surface area contributed by atoms with Crippen LogP contribution in [0, 0.1) is 0 Å². The Hall–Kier alpha value is -2.54. The normalized spacial score (nSPS) is 14.7. The first kappa shape index (κ1) is 16.9. The number of aromatic amines is 1. The average Bonchev–Trinajstić information content (AvgIpc) is 3.23. The van der Waals surface area contributed by atoms with E-state index in [2.05, 4.69) is 20.3 Å². The minimum Gasteiger partial charge on any atom is -0.326 e. The molecule has 0 spiro atoms. The Labute approximate surface area is 152 Å². The van der Waals surface area contributed by atoms with Gasteiger partial charge >= 0.3 is 6.18 Å². The monoisotopic (exact) mass is 378 g/mol. The van der Waals surface area contributed by atoms with Crippen molar-refractivity contribution in [2.75, 3.05) is 11.9 Å². The van der Waals surface area contributed by atoms with Crippen molar-refractivity contribution in [2.24, 2.45) is 4.99 Å². The molecule has 0 saturated heterocycles. The largest absolute Gasteiger partial charge is 0.417 e. The van der Waals surface area contributed by atoms with Crippen molar-refractivity contribution in [1.29, 1.82) is 0 Å². The number of nitrogens with one attached hydrogen (secondary N) is 2. The van der Waals surface area contributed by atoms with Crippen LogP contribution in [-0.4, -0.2) is 22.2 Å². The van der Waals surface area contributed by atoms with Crippen molar-refractivity contribution in [1.82, 2.24) is 9.97 Å². The molecule has 134 valence electrons. The molecule has 2 aromatic carbocycles. The van der Waals surface area contributed by atoms with Crippen molar-refractivity contribution >= 4 is 40.0 Å². The number of hydrogen-bond donors (Lipinski definition) is 2. The van der Waals surface area contributed by atoms with Gasteiger partial charge in [0.15, 0.2) is 0 Å². The van der Waals surface area contributed by atoms with E-state index >= 15 is 0 Å². The van der Waals surface area contributed by atoms with E-state index in [4.69, 9.17) is 11.6 Å². The summed E-state index contributed by atoms with van der Waals surface area (Å²) in [5.41, 5.74) is 2.99. The smallest absolute Gasteiger partial charge is 0.326 e. The highest BCUT2D eigenvalue weighted by Gasteiger charge is 2.33. The van der Waals surface area contributed by atoms with E-state index in [-0.39, 0.29) is 10.7 Å². The second-order valence-corrected chi connectivity index (χ2v) is 6.47. The molecule has 4 rings (SSSR count). The highest BCUT2D eigenvalue weighted by Crippen LogP contribution is 2.36. The summed E-state index contributed by atoms with van der Waals surface area (Å²) in [7, 11) is 0. The molecule has 1 aromatic heterocycles. The molecule has 0 fully saturated rings. The number of aromatic nitrogens is 2. The number of H-pyrrole nitrogens is 1. The molecule has 1 aliphatic rings. The van der Waals surface area contributed by atoms with Crippen LogP contribution in [0.25, 0.3) is 11.0 Å². The zero-order valence-electron chi connectivity index (χ0n) is 13.5. The highest BCUT2D eigenvalue weighted by molar-refractivity contribution is 6.31. The van der Waals surface area contributed by atoms with Crippen LogP contribution in [0.4, 0.5) is 24.8 Å². The van der Waals surface area contributed by atoms with E-state index in [0.29, 0.717) is 5.95 Å². The molecule has 3 aromatic rings. The number of benzene rings is 2. The first-order valence-corrected chi connectivity index (χ1v) is 8.45. The number of alkyl halides is 3. The predicted octanol–water partition coefficient (Wildman–Crippen LogP) is 5.56. The van der Waals surface area contributed by atoms with Crippen LogP contribution in [-0.2, 0) is 6.18 Å². The number of nitrogens with zero attached hydrogens (tertiary/aromatic N) is 2. The second kappa shape index (κ2) is 6.32. The highest BCUT2D eigenvalue weighted by atomic mass is 35.5. The predicted molar refractivity (Wildman–Crippen MR) is 96.5 cm³/mol. The van der Waals surface area contributed by atoms with Crippen molar-refractivity contribution in [3.05, 3.63) is 52.5 Å². The number of rotatable bonds is 3. The van der Waals surface area contributed by atoms with Gasteiger partial charge in [0.25, 0.3) is 0 Å².